The van der Waals surface area contributed by atoms with Crippen LogP contribution in [0.5, 0.6) is 0 Å². The molecule has 25 heavy (non-hydrogen) atoms. The monoisotopic (exact) mass is 372 g/mol. The van der Waals surface area contributed by atoms with Crippen molar-refractivity contribution in [2.45, 2.75) is 13.5 Å². The minimum Gasteiger partial charge on any atom is -0.355 e. The molecule has 1 N–H and O–H groups in total. The fraction of sp³-hybridized carbons (Fsp3) is 0.158. The van der Waals surface area contributed by atoms with E-state index in [0.717, 1.165) is 18.1 Å². The van der Waals surface area contributed by atoms with Crippen molar-refractivity contribution in [2.75, 3.05) is 17.3 Å². The molecular weight excluding hydrogens is 355 g/mol. The number of nitrogens with zero attached hydrogens (tertiary/aromatic N) is 3. The molecule has 0 spiro atoms. The molecule has 0 fully saturated rings. The predicted molar refractivity (Wildman–Crippen MR) is 105 cm³/mol. The molecule has 128 valence electrons. The van der Waals surface area contributed by atoms with Gasteiger partial charge >= 0.3 is 0 Å². The highest BCUT2D eigenvalue weighted by Crippen LogP contribution is 2.31. The molecular formula is C19H18Cl2N4. The van der Waals surface area contributed by atoms with Crippen LogP contribution in [0.2, 0.25) is 10.0 Å². The Hall–Kier alpha value is -2.30. The lowest BCUT2D eigenvalue weighted by atomic mass is 10.2. The van der Waals surface area contributed by atoms with Gasteiger partial charge in [0.1, 0.15) is 5.82 Å². The zero-order valence-electron chi connectivity index (χ0n) is 14.0. The van der Waals surface area contributed by atoms with Crippen molar-refractivity contribution >= 4 is 40.7 Å². The summed E-state index contributed by atoms with van der Waals surface area (Å²) in [6.07, 6.45) is 0. The number of halogens is 2. The summed E-state index contributed by atoms with van der Waals surface area (Å²) < 4.78 is 0. The number of hydrogen-bond acceptors (Lipinski definition) is 4. The van der Waals surface area contributed by atoms with E-state index in [0.29, 0.717) is 21.7 Å². The minimum absolute atomic E-state index is 0.452. The quantitative estimate of drug-likeness (QED) is 0.644. The second-order valence-corrected chi connectivity index (χ2v) is 6.54. The first-order chi connectivity index (χ1) is 12.0. The van der Waals surface area contributed by atoms with E-state index in [1.165, 1.54) is 5.56 Å². The van der Waals surface area contributed by atoms with Gasteiger partial charge in [-0.2, -0.15) is 4.98 Å². The van der Waals surface area contributed by atoms with Crippen LogP contribution >= 0.6 is 23.2 Å². The Morgan fingerprint density at radius 1 is 1.00 bits per heavy atom. The van der Waals surface area contributed by atoms with Gasteiger partial charge in [0.2, 0.25) is 5.95 Å². The molecule has 0 saturated heterocycles. The lowest BCUT2D eigenvalue weighted by molar-refractivity contribution is 0.888. The van der Waals surface area contributed by atoms with Crippen LogP contribution in [0.1, 0.15) is 11.3 Å². The van der Waals surface area contributed by atoms with Gasteiger partial charge in [-0.3, -0.25) is 0 Å². The van der Waals surface area contributed by atoms with E-state index in [4.69, 9.17) is 23.2 Å². The van der Waals surface area contributed by atoms with E-state index >= 15 is 0 Å². The summed E-state index contributed by atoms with van der Waals surface area (Å²) in [7, 11) is 2.00. The van der Waals surface area contributed by atoms with E-state index in [1.807, 2.05) is 50.4 Å². The zero-order chi connectivity index (χ0) is 17.8. The Balaban J connectivity index is 1.84. The summed E-state index contributed by atoms with van der Waals surface area (Å²) in [5, 5.41) is 4.09. The maximum Gasteiger partial charge on any atom is 0.229 e. The van der Waals surface area contributed by atoms with Gasteiger partial charge in [-0.25, -0.2) is 4.98 Å². The van der Waals surface area contributed by atoms with Crippen molar-refractivity contribution in [1.82, 2.24) is 9.97 Å². The van der Waals surface area contributed by atoms with Crippen molar-refractivity contribution in [3.8, 4) is 0 Å². The molecule has 0 radical (unpaired) electrons. The summed E-state index contributed by atoms with van der Waals surface area (Å²) in [5.41, 5.74) is 2.76. The molecule has 0 atom stereocenters. The largest absolute Gasteiger partial charge is 0.355 e. The predicted octanol–water partition coefficient (Wildman–Crippen LogP) is 5.47. The SMILES string of the molecule is Cc1cc(N(C)Cc2ccccc2)nc(Nc2cccc(Cl)c2Cl)n1. The van der Waals surface area contributed by atoms with Gasteiger partial charge in [0.15, 0.2) is 0 Å². The highest BCUT2D eigenvalue weighted by molar-refractivity contribution is 6.43. The zero-order valence-corrected chi connectivity index (χ0v) is 15.5. The Labute approximate surface area is 157 Å². The molecule has 0 amide bonds. The number of hydrogen-bond donors (Lipinski definition) is 1. The van der Waals surface area contributed by atoms with Crippen molar-refractivity contribution in [3.05, 3.63) is 75.9 Å². The normalized spacial score (nSPS) is 10.6. The van der Waals surface area contributed by atoms with E-state index in [9.17, 15) is 0 Å². The summed E-state index contributed by atoms with van der Waals surface area (Å²) in [4.78, 5) is 11.1. The van der Waals surface area contributed by atoms with Crippen LogP contribution < -0.4 is 10.2 Å². The third-order valence-corrected chi connectivity index (χ3v) is 4.51. The molecule has 0 aliphatic heterocycles. The van der Waals surface area contributed by atoms with E-state index < -0.39 is 0 Å². The van der Waals surface area contributed by atoms with Gasteiger partial charge in [-0.1, -0.05) is 59.6 Å². The van der Waals surface area contributed by atoms with Gasteiger partial charge in [0, 0.05) is 25.4 Å². The average molecular weight is 373 g/mol. The van der Waals surface area contributed by atoms with Crippen molar-refractivity contribution in [2.24, 2.45) is 0 Å². The summed E-state index contributed by atoms with van der Waals surface area (Å²) in [5.74, 6) is 1.32. The smallest absolute Gasteiger partial charge is 0.229 e. The van der Waals surface area contributed by atoms with Crippen LogP contribution in [0.4, 0.5) is 17.5 Å². The molecule has 0 unspecified atom stereocenters. The Morgan fingerprint density at radius 3 is 2.52 bits per heavy atom. The molecule has 6 heteroatoms. The summed E-state index contributed by atoms with van der Waals surface area (Å²) in [6.45, 7) is 2.70. The molecule has 0 aliphatic rings. The van der Waals surface area contributed by atoms with Crippen molar-refractivity contribution < 1.29 is 0 Å². The topological polar surface area (TPSA) is 41.1 Å². The molecule has 1 aromatic heterocycles. The highest BCUT2D eigenvalue weighted by atomic mass is 35.5. The van der Waals surface area contributed by atoms with Gasteiger partial charge < -0.3 is 10.2 Å². The first-order valence-electron chi connectivity index (χ1n) is 7.85. The van der Waals surface area contributed by atoms with Gasteiger partial charge in [-0.05, 0) is 24.6 Å². The van der Waals surface area contributed by atoms with Gasteiger partial charge in [0.05, 0.1) is 15.7 Å². The van der Waals surface area contributed by atoms with Crippen LogP contribution in [-0.4, -0.2) is 17.0 Å². The van der Waals surface area contributed by atoms with Crippen LogP contribution in [0, 0.1) is 6.92 Å². The standard InChI is InChI=1S/C19H18Cl2N4/c1-13-11-17(25(2)12-14-7-4-3-5-8-14)24-19(22-13)23-16-10-6-9-15(20)18(16)21/h3-11H,12H2,1-2H3,(H,22,23,24). The minimum atomic E-state index is 0.452. The van der Waals surface area contributed by atoms with Crippen LogP contribution in [0.25, 0.3) is 0 Å². The van der Waals surface area contributed by atoms with Crippen molar-refractivity contribution in [3.63, 3.8) is 0 Å². The Bertz CT molecular complexity index is 869. The van der Waals surface area contributed by atoms with Gasteiger partial charge in [-0.15, -0.1) is 0 Å². The molecule has 3 rings (SSSR count). The second kappa shape index (κ2) is 7.72. The number of nitrogens with one attached hydrogen (secondary N) is 1. The fourth-order valence-electron chi connectivity index (χ4n) is 2.46. The molecule has 2 aromatic carbocycles. The molecule has 0 bridgehead atoms. The van der Waals surface area contributed by atoms with Crippen molar-refractivity contribution in [1.29, 1.82) is 0 Å². The lowest BCUT2D eigenvalue weighted by Gasteiger charge is -2.19. The van der Waals surface area contributed by atoms with E-state index in [1.54, 1.807) is 6.07 Å². The maximum absolute atomic E-state index is 6.23. The summed E-state index contributed by atoms with van der Waals surface area (Å²) >= 11 is 12.3. The third-order valence-electron chi connectivity index (χ3n) is 3.69. The Kier molecular flexibility index (Phi) is 5.41. The van der Waals surface area contributed by atoms with Crippen LogP contribution in [0.3, 0.4) is 0 Å². The van der Waals surface area contributed by atoms with E-state index in [2.05, 4.69) is 32.3 Å². The second-order valence-electron chi connectivity index (χ2n) is 5.76. The number of anilines is 3. The van der Waals surface area contributed by atoms with Crippen LogP contribution in [-0.2, 0) is 6.54 Å². The van der Waals surface area contributed by atoms with E-state index in [-0.39, 0.29) is 0 Å². The molecule has 0 aliphatic carbocycles. The number of rotatable bonds is 5. The molecule has 0 saturated carbocycles. The highest BCUT2D eigenvalue weighted by Gasteiger charge is 2.10. The molecule has 4 nitrogen and oxygen atoms in total. The third kappa shape index (κ3) is 4.41. The number of aryl methyl sites for hydroxylation is 1. The first kappa shape index (κ1) is 17.5. The fourth-order valence-corrected chi connectivity index (χ4v) is 2.81. The average Bonchev–Trinajstić information content (AvgIpc) is 2.59. The first-order valence-corrected chi connectivity index (χ1v) is 8.60. The Morgan fingerprint density at radius 2 is 1.76 bits per heavy atom. The summed E-state index contributed by atoms with van der Waals surface area (Å²) in [6, 6.07) is 17.6. The molecule has 3 aromatic rings. The lowest BCUT2D eigenvalue weighted by Crippen LogP contribution is -2.18. The maximum atomic E-state index is 6.23. The number of aromatic nitrogens is 2. The molecule has 1 heterocycles. The van der Waals surface area contributed by atoms with Gasteiger partial charge in [0.25, 0.3) is 0 Å². The van der Waals surface area contributed by atoms with Crippen LogP contribution in [0.15, 0.2) is 54.6 Å². The number of benzene rings is 2.